The van der Waals surface area contributed by atoms with E-state index in [0.717, 1.165) is 4.68 Å². The Bertz CT molecular complexity index is 1290. The van der Waals surface area contributed by atoms with Crippen LogP contribution >= 0.6 is 11.6 Å². The van der Waals surface area contributed by atoms with Crippen molar-refractivity contribution in [2.45, 2.75) is 18.4 Å². The number of carbonyl (C=O) groups is 2. The quantitative estimate of drug-likeness (QED) is 0.435. The van der Waals surface area contributed by atoms with Crippen LogP contribution in [0.15, 0.2) is 47.5 Å². The van der Waals surface area contributed by atoms with Crippen molar-refractivity contribution < 1.29 is 19.8 Å². The minimum Gasteiger partial charge on any atom is -0.480 e. The van der Waals surface area contributed by atoms with Crippen LogP contribution < -0.4 is 10.9 Å². The van der Waals surface area contributed by atoms with Gasteiger partial charge in [-0.3, -0.25) is 24.0 Å². The zero-order chi connectivity index (χ0) is 25.2. The number of piperidine rings is 1. The average molecular weight is 501 g/mol. The van der Waals surface area contributed by atoms with Gasteiger partial charge in [-0.25, -0.2) is 0 Å². The molecule has 0 bridgehead atoms. The van der Waals surface area contributed by atoms with Crippen LogP contribution in [0.25, 0.3) is 16.9 Å². The Morgan fingerprint density at radius 1 is 1.20 bits per heavy atom. The number of benzene rings is 1. The van der Waals surface area contributed by atoms with Crippen LogP contribution in [0.2, 0.25) is 5.02 Å². The molecule has 12 heteroatoms. The minimum absolute atomic E-state index is 0.111. The third kappa shape index (κ3) is 5.42. The molecule has 3 N–H and O–H groups in total. The second kappa shape index (κ2) is 9.98. The van der Waals surface area contributed by atoms with Crippen molar-refractivity contribution >= 4 is 23.5 Å². The number of carbonyl (C=O) groups excluding carboxylic acids is 1. The smallest absolute Gasteiger partial charge is 0.317 e. The number of likely N-dealkylation sites (tertiary alicyclic amines) is 1. The maximum Gasteiger partial charge on any atom is 0.317 e. The average Bonchev–Trinajstić information content (AvgIpc) is 3.27. The maximum absolute atomic E-state index is 13.4. The van der Waals surface area contributed by atoms with Crippen LogP contribution in [-0.4, -0.2) is 78.3 Å². The van der Waals surface area contributed by atoms with Gasteiger partial charge in [0, 0.05) is 30.7 Å². The summed E-state index contributed by atoms with van der Waals surface area (Å²) in [5, 5.41) is 31.0. The maximum atomic E-state index is 13.4. The number of aliphatic hydroxyl groups excluding tert-OH is 1. The van der Waals surface area contributed by atoms with Crippen LogP contribution in [0.5, 0.6) is 0 Å². The second-order valence-corrected chi connectivity index (χ2v) is 9.04. The number of aryl methyl sites for hydroxylation is 1. The molecule has 0 atom stereocenters. The van der Waals surface area contributed by atoms with Crippen molar-refractivity contribution in [1.29, 1.82) is 0 Å². The van der Waals surface area contributed by atoms with Crippen molar-refractivity contribution in [3.8, 4) is 16.9 Å². The molecule has 4 rings (SSSR count). The van der Waals surface area contributed by atoms with Gasteiger partial charge in [0.05, 0.1) is 36.8 Å². The molecule has 11 nitrogen and oxygen atoms in total. The molecule has 184 valence electrons. The predicted molar refractivity (Wildman–Crippen MR) is 128 cm³/mol. The molecule has 0 spiro atoms. The van der Waals surface area contributed by atoms with Gasteiger partial charge >= 0.3 is 5.97 Å². The highest BCUT2D eigenvalue weighted by molar-refractivity contribution is 6.30. The van der Waals surface area contributed by atoms with E-state index in [1.165, 1.54) is 16.9 Å². The number of hydrogen-bond donors (Lipinski definition) is 3. The van der Waals surface area contributed by atoms with Crippen molar-refractivity contribution in [2.75, 3.05) is 26.2 Å². The summed E-state index contributed by atoms with van der Waals surface area (Å²) in [6.45, 7) is 0.324. The Kier molecular flexibility index (Phi) is 7.01. The van der Waals surface area contributed by atoms with Gasteiger partial charge in [0.25, 0.3) is 11.5 Å². The Labute approximate surface area is 205 Å². The predicted octanol–water partition coefficient (Wildman–Crippen LogP) is 0.928. The number of nitrogens with zero attached hydrogens (tertiary/aromatic N) is 5. The van der Waals surface area contributed by atoms with Gasteiger partial charge in [-0.2, -0.15) is 14.9 Å². The molecule has 0 aliphatic carbocycles. The highest BCUT2D eigenvalue weighted by Crippen LogP contribution is 2.24. The zero-order valence-corrected chi connectivity index (χ0v) is 19.8. The standard InChI is InChI=1S/C23H25ClN6O5/c1-28-12-17(11-25-28)30-22(35)18(10-19(27-30)15-2-4-16(24)5-3-15)21(34)26-23(14-31)6-8-29(9-7-23)13-20(32)33/h2-5,10-12,31H,6-9,13-14H2,1H3,(H,26,34)(H,32,33). The Morgan fingerprint density at radius 2 is 1.89 bits per heavy atom. The van der Waals surface area contributed by atoms with Crippen molar-refractivity contribution in [2.24, 2.45) is 7.05 Å². The van der Waals surface area contributed by atoms with Gasteiger partial charge in [0.1, 0.15) is 11.3 Å². The fraction of sp³-hybridized carbons (Fsp3) is 0.348. The van der Waals surface area contributed by atoms with Crippen LogP contribution in [-0.2, 0) is 11.8 Å². The molecule has 1 aromatic carbocycles. The highest BCUT2D eigenvalue weighted by atomic mass is 35.5. The fourth-order valence-electron chi connectivity index (χ4n) is 4.07. The van der Waals surface area contributed by atoms with E-state index < -0.39 is 23.0 Å². The lowest BCUT2D eigenvalue weighted by Crippen LogP contribution is -2.58. The summed E-state index contributed by atoms with van der Waals surface area (Å²) in [4.78, 5) is 39.4. The molecule has 1 fully saturated rings. The summed E-state index contributed by atoms with van der Waals surface area (Å²) >= 11 is 6.00. The van der Waals surface area contributed by atoms with E-state index in [4.69, 9.17) is 16.7 Å². The number of carboxylic acids is 1. The lowest BCUT2D eigenvalue weighted by molar-refractivity contribution is -0.138. The third-order valence-electron chi connectivity index (χ3n) is 6.09. The van der Waals surface area contributed by atoms with E-state index in [1.54, 1.807) is 42.4 Å². The van der Waals surface area contributed by atoms with Crippen molar-refractivity contribution in [1.82, 2.24) is 29.8 Å². The highest BCUT2D eigenvalue weighted by Gasteiger charge is 2.37. The number of halogens is 1. The summed E-state index contributed by atoms with van der Waals surface area (Å²) in [7, 11) is 1.70. The summed E-state index contributed by atoms with van der Waals surface area (Å²) < 4.78 is 2.64. The number of aliphatic carboxylic acids is 1. The monoisotopic (exact) mass is 500 g/mol. The fourth-order valence-corrected chi connectivity index (χ4v) is 4.20. The first-order valence-corrected chi connectivity index (χ1v) is 11.3. The van der Waals surface area contributed by atoms with E-state index >= 15 is 0 Å². The number of aromatic nitrogens is 4. The molecule has 1 amide bonds. The van der Waals surface area contributed by atoms with Crippen LogP contribution in [0.4, 0.5) is 0 Å². The van der Waals surface area contributed by atoms with Crippen molar-refractivity contribution in [3.63, 3.8) is 0 Å². The van der Waals surface area contributed by atoms with Crippen LogP contribution in [0.1, 0.15) is 23.2 Å². The molecule has 1 aliphatic rings. The lowest BCUT2D eigenvalue weighted by atomic mass is 9.88. The topological polar surface area (TPSA) is 143 Å². The first-order valence-electron chi connectivity index (χ1n) is 11.0. The molecular weight excluding hydrogens is 476 g/mol. The first kappa shape index (κ1) is 24.6. The molecule has 3 aromatic rings. The molecule has 35 heavy (non-hydrogen) atoms. The van der Waals surface area contributed by atoms with E-state index in [-0.39, 0.29) is 18.7 Å². The SMILES string of the molecule is Cn1cc(-n2nc(-c3ccc(Cl)cc3)cc(C(=O)NC3(CO)CCN(CC(=O)O)CC3)c2=O)cn1. The molecule has 3 heterocycles. The molecule has 0 saturated carbocycles. The molecule has 1 aliphatic heterocycles. The third-order valence-corrected chi connectivity index (χ3v) is 6.34. The summed E-state index contributed by atoms with van der Waals surface area (Å²) in [5.74, 6) is -1.58. The summed E-state index contributed by atoms with van der Waals surface area (Å²) in [6, 6.07) is 8.25. The number of nitrogens with one attached hydrogen (secondary N) is 1. The summed E-state index contributed by atoms with van der Waals surface area (Å²) in [5.41, 5.74) is -0.327. The Balaban J connectivity index is 1.69. The molecule has 1 saturated heterocycles. The number of hydrogen-bond acceptors (Lipinski definition) is 7. The van der Waals surface area contributed by atoms with Gasteiger partial charge < -0.3 is 15.5 Å². The van der Waals surface area contributed by atoms with Gasteiger partial charge in [-0.05, 0) is 31.0 Å². The molecule has 0 radical (unpaired) electrons. The van der Waals surface area contributed by atoms with Gasteiger partial charge in [-0.15, -0.1) is 0 Å². The van der Waals surface area contributed by atoms with E-state index in [9.17, 15) is 19.5 Å². The summed E-state index contributed by atoms with van der Waals surface area (Å²) in [6.07, 6.45) is 3.76. The van der Waals surface area contributed by atoms with Crippen molar-refractivity contribution in [3.05, 3.63) is 63.7 Å². The van der Waals surface area contributed by atoms with E-state index in [2.05, 4.69) is 15.5 Å². The van der Waals surface area contributed by atoms with Gasteiger partial charge in [0.2, 0.25) is 0 Å². The Hall–Kier alpha value is -3.54. The van der Waals surface area contributed by atoms with Gasteiger partial charge in [-0.1, -0.05) is 23.7 Å². The zero-order valence-electron chi connectivity index (χ0n) is 19.0. The normalized spacial score (nSPS) is 15.6. The molecular formula is C23H25ClN6O5. The van der Waals surface area contributed by atoms with Crippen LogP contribution in [0, 0.1) is 0 Å². The second-order valence-electron chi connectivity index (χ2n) is 8.60. The van der Waals surface area contributed by atoms with Gasteiger partial charge in [0.15, 0.2) is 0 Å². The van der Waals surface area contributed by atoms with E-state index in [0.29, 0.717) is 47.9 Å². The lowest BCUT2D eigenvalue weighted by Gasteiger charge is -2.40. The molecule has 0 unspecified atom stereocenters. The van der Waals surface area contributed by atoms with E-state index in [1.807, 2.05) is 0 Å². The number of amides is 1. The van der Waals surface area contributed by atoms with Crippen LogP contribution in [0.3, 0.4) is 0 Å². The molecule has 2 aromatic heterocycles. The largest absolute Gasteiger partial charge is 0.480 e. The first-order chi connectivity index (χ1) is 16.7. The number of aliphatic hydroxyl groups is 1. The minimum atomic E-state index is -0.971. The number of rotatable bonds is 7. The number of carboxylic acid groups (broad SMARTS) is 1. The Morgan fingerprint density at radius 3 is 2.46 bits per heavy atom.